The maximum absolute atomic E-state index is 5.58. The van der Waals surface area contributed by atoms with Crippen LogP contribution in [0.3, 0.4) is 0 Å². The summed E-state index contributed by atoms with van der Waals surface area (Å²) in [4.78, 5) is 16.3. The van der Waals surface area contributed by atoms with Gasteiger partial charge in [-0.2, -0.15) is 15.0 Å². The van der Waals surface area contributed by atoms with E-state index in [1.807, 2.05) is 0 Å². The first-order valence-corrected chi connectivity index (χ1v) is 11.9. The number of nitrogens with two attached hydrogens (primary N) is 1. The van der Waals surface area contributed by atoms with Gasteiger partial charge in [0.15, 0.2) is 0 Å². The van der Waals surface area contributed by atoms with Crippen LogP contribution in [-0.4, -0.2) is 74.1 Å². The molecule has 0 aliphatic rings. The summed E-state index contributed by atoms with van der Waals surface area (Å²) in [6.07, 6.45) is 5.59. The first-order valence-electron chi connectivity index (χ1n) is 11.9. The number of hydrogen-bond acceptors (Lipinski definition) is 9. The lowest BCUT2D eigenvalue weighted by molar-refractivity contribution is 0.0547. The second kappa shape index (κ2) is 17.9. The topological polar surface area (TPSA) is 110 Å². The minimum absolute atomic E-state index is 0.532. The summed E-state index contributed by atoms with van der Waals surface area (Å²) < 4.78 is 10.9. The molecule has 0 fully saturated rings. The van der Waals surface area contributed by atoms with Crippen LogP contribution in [0.25, 0.3) is 0 Å². The third-order valence-corrected chi connectivity index (χ3v) is 4.64. The van der Waals surface area contributed by atoms with E-state index in [0.29, 0.717) is 57.3 Å². The molecule has 0 radical (unpaired) electrons. The van der Waals surface area contributed by atoms with Crippen molar-refractivity contribution in [1.29, 1.82) is 0 Å². The molecule has 9 heteroatoms. The largest absolute Gasteiger partial charge is 0.378 e. The van der Waals surface area contributed by atoms with Gasteiger partial charge in [-0.1, -0.05) is 40.5 Å². The van der Waals surface area contributed by atoms with Gasteiger partial charge in [0.05, 0.1) is 26.4 Å². The second-order valence-corrected chi connectivity index (χ2v) is 8.03. The molecule has 0 spiro atoms. The van der Waals surface area contributed by atoms with Gasteiger partial charge < -0.3 is 30.7 Å². The smallest absolute Gasteiger partial charge is 0.231 e. The number of aromatic nitrogens is 3. The lowest BCUT2D eigenvalue weighted by atomic mass is 10.1. The highest BCUT2D eigenvalue weighted by atomic mass is 16.5. The minimum Gasteiger partial charge on any atom is -0.378 e. The molecule has 1 aromatic heterocycles. The molecule has 0 amide bonds. The Bertz CT molecular complexity index is 553. The zero-order valence-electron chi connectivity index (χ0n) is 20.2. The highest BCUT2D eigenvalue weighted by Crippen LogP contribution is 2.16. The molecule has 180 valence electrons. The standard InChI is InChI=1S/C22H45N7O2/c1-5-7-13-29(14-8-6-2)22-27-20(24-11-9-19(3)4)26-21(28-22)25-12-16-31-18-17-30-15-10-23/h19H,5-18,23H2,1-4H3,(H2,24,25,26,27,28). The Balaban J connectivity index is 2.73. The summed E-state index contributed by atoms with van der Waals surface area (Å²) in [7, 11) is 0. The van der Waals surface area contributed by atoms with E-state index in [4.69, 9.17) is 25.2 Å². The van der Waals surface area contributed by atoms with Gasteiger partial charge in [-0.15, -0.1) is 0 Å². The summed E-state index contributed by atoms with van der Waals surface area (Å²) in [6, 6.07) is 0. The van der Waals surface area contributed by atoms with E-state index in [-0.39, 0.29) is 0 Å². The zero-order chi connectivity index (χ0) is 22.7. The third kappa shape index (κ3) is 13.3. The lowest BCUT2D eigenvalue weighted by Gasteiger charge is -2.23. The Kier molecular flexibility index (Phi) is 15.8. The summed E-state index contributed by atoms with van der Waals surface area (Å²) in [5.74, 6) is 2.57. The van der Waals surface area contributed by atoms with Crippen molar-refractivity contribution in [2.75, 3.05) is 74.7 Å². The molecule has 0 atom stereocenters. The van der Waals surface area contributed by atoms with Crippen LogP contribution in [0.15, 0.2) is 0 Å². The summed E-state index contributed by atoms with van der Waals surface area (Å²) in [5.41, 5.74) is 5.40. The number of nitrogens with one attached hydrogen (secondary N) is 2. The molecule has 1 aromatic rings. The average molecular weight is 440 g/mol. The van der Waals surface area contributed by atoms with Crippen molar-refractivity contribution < 1.29 is 9.47 Å². The van der Waals surface area contributed by atoms with Gasteiger partial charge in [0.25, 0.3) is 0 Å². The summed E-state index contributed by atoms with van der Waals surface area (Å²) in [5, 5.41) is 6.65. The predicted octanol–water partition coefficient (Wildman–Crippen LogP) is 3.14. The van der Waals surface area contributed by atoms with Gasteiger partial charge in [0, 0.05) is 32.7 Å². The van der Waals surface area contributed by atoms with E-state index in [1.54, 1.807) is 0 Å². The van der Waals surface area contributed by atoms with Crippen molar-refractivity contribution in [3.63, 3.8) is 0 Å². The first kappa shape index (κ1) is 27.3. The van der Waals surface area contributed by atoms with Crippen LogP contribution >= 0.6 is 0 Å². The Labute approximate surface area is 188 Å². The van der Waals surface area contributed by atoms with Crippen molar-refractivity contribution in [2.24, 2.45) is 11.7 Å². The Morgan fingerprint density at radius 3 is 1.97 bits per heavy atom. The van der Waals surface area contributed by atoms with Crippen LogP contribution in [0.2, 0.25) is 0 Å². The normalized spacial score (nSPS) is 11.2. The maximum Gasteiger partial charge on any atom is 0.231 e. The summed E-state index contributed by atoms with van der Waals surface area (Å²) in [6.45, 7) is 15.0. The molecule has 4 N–H and O–H groups in total. The van der Waals surface area contributed by atoms with Gasteiger partial charge >= 0.3 is 0 Å². The number of rotatable bonds is 20. The fraction of sp³-hybridized carbons (Fsp3) is 0.864. The molecule has 0 aliphatic heterocycles. The van der Waals surface area contributed by atoms with Gasteiger partial charge in [-0.25, -0.2) is 0 Å². The molecule has 0 unspecified atom stereocenters. The monoisotopic (exact) mass is 439 g/mol. The van der Waals surface area contributed by atoms with E-state index in [0.717, 1.165) is 57.7 Å². The van der Waals surface area contributed by atoms with Crippen LogP contribution in [0.5, 0.6) is 0 Å². The molecule has 31 heavy (non-hydrogen) atoms. The molecular weight excluding hydrogens is 394 g/mol. The quantitative estimate of drug-likeness (QED) is 0.264. The Morgan fingerprint density at radius 1 is 0.839 bits per heavy atom. The van der Waals surface area contributed by atoms with Gasteiger partial charge in [0.2, 0.25) is 17.8 Å². The van der Waals surface area contributed by atoms with Crippen molar-refractivity contribution in [1.82, 2.24) is 15.0 Å². The highest BCUT2D eigenvalue weighted by Gasteiger charge is 2.13. The minimum atomic E-state index is 0.532. The SMILES string of the molecule is CCCCN(CCCC)c1nc(NCCOCCOCCN)nc(NCCC(C)C)n1. The fourth-order valence-corrected chi connectivity index (χ4v) is 2.79. The van der Waals surface area contributed by atoms with E-state index in [1.165, 1.54) is 0 Å². The van der Waals surface area contributed by atoms with Crippen molar-refractivity contribution in [3.8, 4) is 0 Å². The molecule has 9 nitrogen and oxygen atoms in total. The van der Waals surface area contributed by atoms with Crippen molar-refractivity contribution in [2.45, 2.75) is 59.8 Å². The fourth-order valence-electron chi connectivity index (χ4n) is 2.79. The van der Waals surface area contributed by atoms with Crippen LogP contribution in [-0.2, 0) is 9.47 Å². The number of unbranched alkanes of at least 4 members (excludes halogenated alkanes) is 2. The molecule has 0 bridgehead atoms. The molecule has 0 aromatic carbocycles. The molecule has 0 saturated heterocycles. The first-order chi connectivity index (χ1) is 15.1. The number of nitrogens with zero attached hydrogens (tertiary/aromatic N) is 4. The molecule has 0 saturated carbocycles. The van der Waals surface area contributed by atoms with Gasteiger partial charge in [0.1, 0.15) is 0 Å². The lowest BCUT2D eigenvalue weighted by Crippen LogP contribution is -2.28. The molecule has 1 heterocycles. The molecular formula is C22H45N7O2. The Morgan fingerprint density at radius 2 is 1.42 bits per heavy atom. The van der Waals surface area contributed by atoms with Crippen LogP contribution in [0, 0.1) is 5.92 Å². The number of hydrogen-bond donors (Lipinski definition) is 3. The number of ether oxygens (including phenoxy) is 2. The Hall–Kier alpha value is -1.71. The second-order valence-electron chi connectivity index (χ2n) is 8.03. The highest BCUT2D eigenvalue weighted by molar-refractivity contribution is 5.43. The van der Waals surface area contributed by atoms with E-state index < -0.39 is 0 Å². The van der Waals surface area contributed by atoms with Crippen LogP contribution in [0.1, 0.15) is 59.8 Å². The van der Waals surface area contributed by atoms with Gasteiger partial charge in [-0.3, -0.25) is 0 Å². The maximum atomic E-state index is 5.58. The van der Waals surface area contributed by atoms with E-state index in [2.05, 4.69) is 48.2 Å². The van der Waals surface area contributed by atoms with E-state index >= 15 is 0 Å². The summed E-state index contributed by atoms with van der Waals surface area (Å²) >= 11 is 0. The van der Waals surface area contributed by atoms with Crippen LogP contribution in [0.4, 0.5) is 17.8 Å². The molecule has 1 rings (SSSR count). The number of anilines is 3. The molecule has 0 aliphatic carbocycles. The average Bonchev–Trinajstić information content (AvgIpc) is 2.75. The predicted molar refractivity (Wildman–Crippen MR) is 129 cm³/mol. The van der Waals surface area contributed by atoms with E-state index in [9.17, 15) is 0 Å². The van der Waals surface area contributed by atoms with Crippen molar-refractivity contribution in [3.05, 3.63) is 0 Å². The van der Waals surface area contributed by atoms with Crippen molar-refractivity contribution >= 4 is 17.8 Å². The van der Waals surface area contributed by atoms with Crippen LogP contribution < -0.4 is 21.3 Å². The zero-order valence-corrected chi connectivity index (χ0v) is 20.2. The van der Waals surface area contributed by atoms with Gasteiger partial charge in [-0.05, 0) is 25.2 Å². The third-order valence-electron chi connectivity index (χ3n) is 4.64.